The van der Waals surface area contributed by atoms with E-state index in [9.17, 15) is 32.2 Å². The number of nitrogens with one attached hydrogen (secondary N) is 1. The van der Waals surface area contributed by atoms with E-state index < -0.39 is 49.5 Å². The number of alkyl halides is 3. The van der Waals surface area contributed by atoms with E-state index in [4.69, 9.17) is 20.9 Å². The van der Waals surface area contributed by atoms with Crippen molar-refractivity contribution in [2.24, 2.45) is 5.41 Å². The Kier molecular flexibility index (Phi) is 9.51. The Morgan fingerprint density at radius 2 is 1.90 bits per heavy atom. The fraction of sp³-hybridized carbons (Fsp3) is 0.280. The van der Waals surface area contributed by atoms with E-state index in [1.807, 2.05) is 0 Å². The second kappa shape index (κ2) is 12.1. The van der Waals surface area contributed by atoms with Crippen LogP contribution in [0.3, 0.4) is 0 Å². The van der Waals surface area contributed by atoms with Crippen LogP contribution in [0.15, 0.2) is 54.0 Å². The molecule has 1 amide bonds. The molecule has 2 atom stereocenters. The lowest BCUT2D eigenvalue weighted by Gasteiger charge is -2.22. The molecule has 0 aliphatic heterocycles. The van der Waals surface area contributed by atoms with Gasteiger partial charge in [-0.25, -0.2) is 0 Å². The highest BCUT2D eigenvalue weighted by atomic mass is 35.5. The zero-order chi connectivity index (χ0) is 29.0. The van der Waals surface area contributed by atoms with Crippen LogP contribution in [0.1, 0.15) is 37.6 Å². The third-order valence-corrected chi connectivity index (χ3v) is 7.93. The number of benzene rings is 2. The first-order valence-electron chi connectivity index (χ1n) is 11.2. The number of hydrogen-bond acceptors (Lipinski definition) is 7. The standard InChI is InChI=1S/C25H24ClF3NO7PS/c1-24(2,3)23(32)35-14-36-38(33,34)21(19-13-39-20-8-7-16(26)12-18(19)20)22(31)30-10-9-15-5-4-6-17(11-15)37-25(27,28)29/h4-13,21H,14H2,1-3H3,(H,30,31)(H,33,34). The average molecular weight is 606 g/mol. The first kappa shape index (κ1) is 30.6. The maximum Gasteiger partial charge on any atom is 0.573 e. The summed E-state index contributed by atoms with van der Waals surface area (Å²) in [5.41, 5.74) is -2.26. The van der Waals surface area contributed by atoms with Crippen LogP contribution in [0.25, 0.3) is 16.2 Å². The molecule has 3 rings (SSSR count). The Morgan fingerprint density at radius 3 is 2.56 bits per heavy atom. The molecular weight excluding hydrogens is 582 g/mol. The summed E-state index contributed by atoms with van der Waals surface area (Å²) in [5, 5.41) is 4.65. The predicted molar refractivity (Wildman–Crippen MR) is 141 cm³/mol. The van der Waals surface area contributed by atoms with Crippen LogP contribution in [0.2, 0.25) is 5.02 Å². The molecule has 2 N–H and O–H groups in total. The van der Waals surface area contributed by atoms with Gasteiger partial charge in [0.2, 0.25) is 12.7 Å². The number of fused-ring (bicyclic) bond motifs is 1. The smallest absolute Gasteiger partial charge is 0.438 e. The summed E-state index contributed by atoms with van der Waals surface area (Å²) in [5.74, 6) is -2.11. The molecule has 210 valence electrons. The number of carbonyl (C=O) groups is 2. The summed E-state index contributed by atoms with van der Waals surface area (Å²) in [6.45, 7) is 3.88. The third kappa shape index (κ3) is 8.55. The molecule has 1 aromatic heterocycles. The molecule has 8 nitrogen and oxygen atoms in total. The van der Waals surface area contributed by atoms with Crippen molar-refractivity contribution in [3.8, 4) is 5.75 Å². The fourth-order valence-corrected chi connectivity index (χ4v) is 5.79. The van der Waals surface area contributed by atoms with Crippen molar-refractivity contribution in [2.45, 2.75) is 32.8 Å². The van der Waals surface area contributed by atoms with Crippen molar-refractivity contribution < 1.29 is 46.2 Å². The Labute approximate surface area is 230 Å². The summed E-state index contributed by atoms with van der Waals surface area (Å²) in [6, 6.07) is 9.82. The fourth-order valence-electron chi connectivity index (χ4n) is 3.26. The number of halogens is 4. The van der Waals surface area contributed by atoms with Crippen LogP contribution >= 0.6 is 30.5 Å². The van der Waals surface area contributed by atoms with Gasteiger partial charge in [-0.15, -0.1) is 24.5 Å². The maximum atomic E-state index is 13.3. The van der Waals surface area contributed by atoms with E-state index in [0.717, 1.165) is 18.3 Å². The molecule has 0 saturated carbocycles. The lowest BCUT2D eigenvalue weighted by molar-refractivity contribution is -0.274. The van der Waals surface area contributed by atoms with Gasteiger partial charge in [0.1, 0.15) is 5.75 Å². The van der Waals surface area contributed by atoms with Gasteiger partial charge in [0, 0.05) is 15.9 Å². The first-order chi connectivity index (χ1) is 18.1. The van der Waals surface area contributed by atoms with Crippen molar-refractivity contribution in [2.75, 3.05) is 6.79 Å². The molecule has 0 saturated heterocycles. The highest BCUT2D eigenvalue weighted by molar-refractivity contribution is 7.54. The normalized spacial score (nSPS) is 14.7. The summed E-state index contributed by atoms with van der Waals surface area (Å²) < 4.78 is 65.4. The maximum absolute atomic E-state index is 13.3. The number of thiophene rings is 1. The van der Waals surface area contributed by atoms with Gasteiger partial charge in [0.25, 0.3) is 0 Å². The summed E-state index contributed by atoms with van der Waals surface area (Å²) in [4.78, 5) is 36.1. The van der Waals surface area contributed by atoms with Gasteiger partial charge in [-0.1, -0.05) is 23.7 Å². The predicted octanol–water partition coefficient (Wildman–Crippen LogP) is 7.03. The second-order valence-electron chi connectivity index (χ2n) is 9.19. The quantitative estimate of drug-likeness (QED) is 0.153. The van der Waals surface area contributed by atoms with Gasteiger partial charge in [0.15, 0.2) is 5.66 Å². The second-order valence-corrected chi connectivity index (χ2v) is 12.4. The summed E-state index contributed by atoms with van der Waals surface area (Å²) >= 11 is 7.31. The minimum absolute atomic E-state index is 0.150. The molecule has 0 spiro atoms. The minimum Gasteiger partial charge on any atom is -0.438 e. The van der Waals surface area contributed by atoms with Crippen LogP contribution in [-0.4, -0.2) is 29.9 Å². The van der Waals surface area contributed by atoms with Crippen molar-refractivity contribution in [1.29, 1.82) is 0 Å². The molecule has 39 heavy (non-hydrogen) atoms. The Hall–Kier alpha value is -2.89. The van der Waals surface area contributed by atoms with Gasteiger partial charge >= 0.3 is 19.9 Å². The van der Waals surface area contributed by atoms with Gasteiger partial charge in [-0.2, -0.15) is 0 Å². The van der Waals surface area contributed by atoms with Gasteiger partial charge in [-0.3, -0.25) is 18.7 Å². The number of rotatable bonds is 9. The van der Waals surface area contributed by atoms with Gasteiger partial charge in [0.05, 0.1) is 5.41 Å². The number of esters is 1. The molecule has 2 aromatic carbocycles. The van der Waals surface area contributed by atoms with E-state index in [0.29, 0.717) is 15.1 Å². The van der Waals surface area contributed by atoms with Crippen molar-refractivity contribution in [3.63, 3.8) is 0 Å². The van der Waals surface area contributed by atoms with Crippen LogP contribution in [-0.2, 0) is 23.4 Å². The molecule has 0 aliphatic rings. The molecule has 0 radical (unpaired) electrons. The van der Waals surface area contributed by atoms with Crippen molar-refractivity contribution in [3.05, 3.63) is 70.2 Å². The highest BCUT2D eigenvalue weighted by Gasteiger charge is 2.42. The molecule has 0 fully saturated rings. The van der Waals surface area contributed by atoms with E-state index >= 15 is 0 Å². The van der Waals surface area contributed by atoms with E-state index in [1.54, 1.807) is 32.9 Å². The topological polar surface area (TPSA) is 111 Å². The van der Waals surface area contributed by atoms with Crippen molar-refractivity contribution in [1.82, 2.24) is 5.32 Å². The number of carbonyl (C=O) groups excluding carboxylic acids is 2. The van der Waals surface area contributed by atoms with Gasteiger partial charge < -0.3 is 19.7 Å². The molecule has 0 aliphatic carbocycles. The van der Waals surface area contributed by atoms with Crippen LogP contribution in [0.4, 0.5) is 13.2 Å². The number of ether oxygens (including phenoxy) is 2. The Bertz CT molecular complexity index is 1440. The van der Waals surface area contributed by atoms with Crippen molar-refractivity contribution >= 4 is 58.6 Å². The third-order valence-electron chi connectivity index (χ3n) is 5.07. The lowest BCUT2D eigenvalue weighted by Crippen LogP contribution is -2.27. The average Bonchev–Trinajstić information content (AvgIpc) is 3.19. The van der Waals surface area contributed by atoms with E-state index in [2.05, 4.69) is 10.1 Å². The molecule has 14 heteroatoms. The molecule has 1 heterocycles. The zero-order valence-corrected chi connectivity index (χ0v) is 23.3. The minimum atomic E-state index is -4.88. The van der Waals surface area contributed by atoms with E-state index in [1.165, 1.54) is 41.0 Å². The Morgan fingerprint density at radius 1 is 1.18 bits per heavy atom. The van der Waals surface area contributed by atoms with Crippen LogP contribution in [0, 0.1) is 5.41 Å². The zero-order valence-electron chi connectivity index (χ0n) is 20.8. The summed E-state index contributed by atoms with van der Waals surface area (Å²) in [6.07, 6.45) is -2.50. The van der Waals surface area contributed by atoms with Crippen LogP contribution < -0.4 is 10.1 Å². The highest BCUT2D eigenvalue weighted by Crippen LogP contribution is 2.58. The first-order valence-corrected chi connectivity index (χ1v) is 14.1. The molecule has 2 unspecified atom stereocenters. The monoisotopic (exact) mass is 605 g/mol. The largest absolute Gasteiger partial charge is 0.573 e. The molecule has 3 aromatic rings. The number of hydrogen-bond donors (Lipinski definition) is 2. The Balaban J connectivity index is 1.86. The number of amides is 1. The van der Waals surface area contributed by atoms with Gasteiger partial charge in [-0.05, 0) is 79.1 Å². The molecular formula is C25H24ClF3NO7PS. The van der Waals surface area contributed by atoms with Crippen LogP contribution in [0.5, 0.6) is 5.75 Å². The lowest BCUT2D eigenvalue weighted by atomic mass is 9.98. The summed E-state index contributed by atoms with van der Waals surface area (Å²) in [7, 11) is -4.82. The van der Waals surface area contributed by atoms with E-state index in [-0.39, 0.29) is 11.1 Å². The molecule has 0 bridgehead atoms. The SMILES string of the molecule is CC(C)(C)C(=O)OCOP(=O)(O)C(C(=O)NC=Cc1cccc(OC(F)(F)F)c1)c1csc2ccc(Cl)cc12.